The van der Waals surface area contributed by atoms with Crippen molar-refractivity contribution in [3.8, 4) is 17.2 Å². The summed E-state index contributed by atoms with van der Waals surface area (Å²) in [6, 6.07) is 13.2. The molecule has 0 aliphatic carbocycles. The van der Waals surface area contributed by atoms with Gasteiger partial charge in [-0.05, 0) is 82.4 Å². The van der Waals surface area contributed by atoms with Crippen LogP contribution in [0.25, 0.3) is 6.08 Å². The summed E-state index contributed by atoms with van der Waals surface area (Å²) in [5, 5.41) is 2.13. The number of halogens is 5. The summed E-state index contributed by atoms with van der Waals surface area (Å²) in [5.41, 5.74) is 0.0618. The van der Waals surface area contributed by atoms with Crippen molar-refractivity contribution in [2.24, 2.45) is 0 Å². The van der Waals surface area contributed by atoms with Crippen molar-refractivity contribution in [3.05, 3.63) is 84.8 Å². The van der Waals surface area contributed by atoms with Gasteiger partial charge in [0.1, 0.15) is 18.9 Å². The Bertz CT molecular complexity index is 1580. The molecule has 0 atom stereocenters. The number of hydrogen-bond acceptors (Lipinski definition) is 7. The fraction of sp³-hybridized carbons (Fsp3) is 0.179. The van der Waals surface area contributed by atoms with Crippen LogP contribution in [0.15, 0.2) is 59.5 Å². The van der Waals surface area contributed by atoms with Gasteiger partial charge in [0.15, 0.2) is 11.5 Å². The third kappa shape index (κ3) is 7.31. The monoisotopic (exact) mass is 732 g/mol. The second kappa shape index (κ2) is 13.3. The number of nitrogens with one attached hydrogen (secondary N) is 1. The summed E-state index contributed by atoms with van der Waals surface area (Å²) in [7, 11) is 2.69. The third-order valence-electron chi connectivity index (χ3n) is 5.86. The van der Waals surface area contributed by atoms with E-state index in [1.165, 1.54) is 20.3 Å². The van der Waals surface area contributed by atoms with Gasteiger partial charge in [0.05, 0.1) is 33.9 Å². The number of carbonyl (C=O) groups is 3. The van der Waals surface area contributed by atoms with Gasteiger partial charge in [-0.25, -0.2) is 0 Å². The Labute approximate surface area is 261 Å². The highest BCUT2D eigenvalue weighted by molar-refractivity contribution is 14.1. The molecular weight excluding hydrogens is 712 g/mol. The maximum absolute atomic E-state index is 13.1. The van der Waals surface area contributed by atoms with E-state index >= 15 is 0 Å². The van der Waals surface area contributed by atoms with Crippen molar-refractivity contribution < 1.29 is 41.8 Å². The second-order valence-electron chi connectivity index (χ2n) is 8.64. The average molecular weight is 733 g/mol. The molecule has 1 fully saturated rings. The summed E-state index contributed by atoms with van der Waals surface area (Å²) in [5.74, 6) is -0.788. The molecule has 3 amide bonds. The summed E-state index contributed by atoms with van der Waals surface area (Å²) >= 11 is 8.89. The average Bonchev–Trinajstić information content (AvgIpc) is 3.19. The lowest BCUT2D eigenvalue weighted by Gasteiger charge is -2.16. The van der Waals surface area contributed by atoms with Gasteiger partial charge in [-0.3, -0.25) is 19.3 Å². The van der Waals surface area contributed by atoms with E-state index in [1.54, 1.807) is 18.2 Å². The van der Waals surface area contributed by atoms with Crippen LogP contribution in [0.1, 0.15) is 16.7 Å². The molecule has 0 spiro atoms. The van der Waals surface area contributed by atoms with Crippen molar-refractivity contribution in [1.29, 1.82) is 0 Å². The second-order valence-corrected chi connectivity index (χ2v) is 11.2. The van der Waals surface area contributed by atoms with Gasteiger partial charge in [-0.15, -0.1) is 0 Å². The highest BCUT2D eigenvalue weighted by Gasteiger charge is 2.37. The number of anilines is 1. The van der Waals surface area contributed by atoms with Gasteiger partial charge < -0.3 is 19.5 Å². The SMILES string of the molecule is COc1ccc(C(F)(F)F)cc1NC(=O)CN1C(=O)S/C(=C\c2cc(I)c(OCc3ccccc3Cl)c(OC)c2)C1=O. The molecule has 14 heteroatoms. The Hall–Kier alpha value is -3.43. The summed E-state index contributed by atoms with van der Waals surface area (Å²) < 4.78 is 56.5. The zero-order chi connectivity index (χ0) is 30.6. The smallest absolute Gasteiger partial charge is 0.416 e. The highest BCUT2D eigenvalue weighted by atomic mass is 127. The fourth-order valence-electron chi connectivity index (χ4n) is 3.83. The number of hydrogen-bond donors (Lipinski definition) is 1. The van der Waals surface area contributed by atoms with E-state index in [1.807, 2.05) is 18.2 Å². The Balaban J connectivity index is 1.49. The Morgan fingerprint density at radius 3 is 2.45 bits per heavy atom. The van der Waals surface area contributed by atoms with E-state index in [-0.39, 0.29) is 22.9 Å². The lowest BCUT2D eigenvalue weighted by molar-refractivity contribution is -0.137. The highest BCUT2D eigenvalue weighted by Crippen LogP contribution is 2.38. The van der Waals surface area contributed by atoms with Crippen LogP contribution in [0.5, 0.6) is 17.2 Å². The van der Waals surface area contributed by atoms with Gasteiger partial charge in [0.25, 0.3) is 11.1 Å². The minimum absolute atomic E-state index is 0.0202. The first-order valence-electron chi connectivity index (χ1n) is 12.0. The molecule has 1 N–H and O–H groups in total. The molecule has 1 aliphatic rings. The normalized spacial score (nSPS) is 14.4. The number of benzene rings is 3. The quantitative estimate of drug-likeness (QED) is 0.183. The van der Waals surface area contributed by atoms with Crippen LogP contribution >= 0.6 is 46.0 Å². The van der Waals surface area contributed by atoms with Gasteiger partial charge in [-0.1, -0.05) is 29.8 Å². The van der Waals surface area contributed by atoms with Gasteiger partial charge >= 0.3 is 6.18 Å². The van der Waals surface area contributed by atoms with Crippen LogP contribution in [0, 0.1) is 3.57 Å². The number of amides is 3. The molecule has 1 saturated heterocycles. The number of thioether (sulfide) groups is 1. The first-order chi connectivity index (χ1) is 19.9. The lowest BCUT2D eigenvalue weighted by atomic mass is 10.1. The van der Waals surface area contributed by atoms with E-state index in [4.69, 9.17) is 25.8 Å². The van der Waals surface area contributed by atoms with E-state index in [0.29, 0.717) is 48.4 Å². The first-order valence-corrected chi connectivity index (χ1v) is 14.2. The number of ether oxygens (including phenoxy) is 3. The zero-order valence-electron chi connectivity index (χ0n) is 21.9. The molecule has 0 radical (unpaired) electrons. The molecule has 220 valence electrons. The third-order valence-corrected chi connectivity index (χ3v) is 7.93. The van der Waals surface area contributed by atoms with Crippen LogP contribution in [-0.2, 0) is 22.4 Å². The van der Waals surface area contributed by atoms with E-state index in [9.17, 15) is 27.6 Å². The molecular formula is C28H21ClF3IN2O6S. The Kier molecular flexibility index (Phi) is 9.94. The van der Waals surface area contributed by atoms with Crippen molar-refractivity contribution in [3.63, 3.8) is 0 Å². The zero-order valence-corrected chi connectivity index (χ0v) is 25.6. The number of rotatable bonds is 9. The van der Waals surface area contributed by atoms with Crippen molar-refractivity contribution in [1.82, 2.24) is 4.90 Å². The minimum atomic E-state index is -4.65. The van der Waals surface area contributed by atoms with Gasteiger partial charge in [-0.2, -0.15) is 13.2 Å². The number of nitrogens with zero attached hydrogens (tertiary/aromatic N) is 1. The molecule has 3 aromatic carbocycles. The molecule has 0 saturated carbocycles. The maximum Gasteiger partial charge on any atom is 0.416 e. The number of imide groups is 1. The van der Waals surface area contributed by atoms with Gasteiger partial charge in [0, 0.05) is 10.6 Å². The van der Waals surface area contributed by atoms with E-state index in [0.717, 1.165) is 17.7 Å². The number of carbonyl (C=O) groups excluding carboxylic acids is 3. The predicted octanol–water partition coefficient (Wildman–Crippen LogP) is 7.23. The van der Waals surface area contributed by atoms with Crippen LogP contribution in [0.3, 0.4) is 0 Å². The van der Waals surface area contributed by atoms with Crippen LogP contribution in [-0.4, -0.2) is 42.7 Å². The number of alkyl halides is 3. The molecule has 0 unspecified atom stereocenters. The molecule has 4 rings (SSSR count). The fourth-order valence-corrected chi connectivity index (χ4v) is 5.64. The van der Waals surface area contributed by atoms with Gasteiger partial charge in [0.2, 0.25) is 5.91 Å². The minimum Gasteiger partial charge on any atom is -0.495 e. The number of methoxy groups -OCH3 is 2. The maximum atomic E-state index is 13.1. The van der Waals surface area contributed by atoms with E-state index < -0.39 is 35.3 Å². The first kappa shape index (κ1) is 31.5. The Morgan fingerprint density at radius 2 is 1.79 bits per heavy atom. The summed E-state index contributed by atoms with van der Waals surface area (Å²) in [4.78, 5) is 39.0. The lowest BCUT2D eigenvalue weighted by Crippen LogP contribution is -2.36. The largest absolute Gasteiger partial charge is 0.495 e. The van der Waals surface area contributed by atoms with Crippen molar-refractivity contribution in [2.75, 3.05) is 26.1 Å². The molecule has 8 nitrogen and oxygen atoms in total. The molecule has 42 heavy (non-hydrogen) atoms. The van der Waals surface area contributed by atoms with Crippen LogP contribution < -0.4 is 19.5 Å². The van der Waals surface area contributed by atoms with E-state index in [2.05, 4.69) is 27.9 Å². The molecule has 3 aromatic rings. The molecule has 1 heterocycles. The predicted molar refractivity (Wildman–Crippen MR) is 161 cm³/mol. The summed E-state index contributed by atoms with van der Waals surface area (Å²) in [6.07, 6.45) is -3.18. The van der Waals surface area contributed by atoms with Crippen LogP contribution in [0.4, 0.5) is 23.7 Å². The Morgan fingerprint density at radius 1 is 1.07 bits per heavy atom. The van der Waals surface area contributed by atoms with Crippen molar-refractivity contribution in [2.45, 2.75) is 12.8 Å². The van der Waals surface area contributed by atoms with Crippen molar-refractivity contribution >= 4 is 74.8 Å². The summed E-state index contributed by atoms with van der Waals surface area (Å²) in [6.45, 7) is -0.518. The molecule has 0 bridgehead atoms. The molecule has 0 aromatic heterocycles. The van der Waals surface area contributed by atoms with Crippen LogP contribution in [0.2, 0.25) is 5.02 Å². The topological polar surface area (TPSA) is 94.2 Å². The molecule has 1 aliphatic heterocycles. The standard InChI is InChI=1S/C28H21ClF3IN2O6S/c1-39-21-8-7-17(28(30,31)32)12-20(21)34-24(36)13-35-26(37)23(42-27(35)38)11-15-9-19(33)25(22(10-15)40-2)41-14-16-5-3-4-6-18(16)29/h3-12H,13-14H2,1-2H3,(H,34,36)/b23-11-.